The molecule has 24 heavy (non-hydrogen) atoms. The van der Waals surface area contributed by atoms with Crippen LogP contribution in [-0.4, -0.2) is 16.2 Å². The zero-order valence-electron chi connectivity index (χ0n) is 14.1. The van der Waals surface area contributed by atoms with Gasteiger partial charge >= 0.3 is 0 Å². The fourth-order valence-corrected chi connectivity index (χ4v) is 2.46. The summed E-state index contributed by atoms with van der Waals surface area (Å²) < 4.78 is 14.3. The molecular weight excluding hydrogens is 301 g/mol. The molecule has 2 nitrogen and oxygen atoms in total. The van der Waals surface area contributed by atoms with E-state index in [1.807, 2.05) is 36.4 Å². The van der Waals surface area contributed by atoms with Crippen molar-refractivity contribution in [1.29, 1.82) is 0 Å². The highest BCUT2D eigenvalue weighted by Crippen LogP contribution is 2.23. The minimum atomic E-state index is -0.273. The molecule has 1 heterocycles. The van der Waals surface area contributed by atoms with Crippen molar-refractivity contribution < 1.29 is 9.50 Å². The normalized spacial score (nSPS) is 12.5. The Balaban J connectivity index is 2.03. The molecule has 0 aliphatic rings. The van der Waals surface area contributed by atoms with Crippen molar-refractivity contribution in [3.63, 3.8) is 0 Å². The number of benzene rings is 1. The van der Waals surface area contributed by atoms with E-state index in [1.54, 1.807) is 19.2 Å². The summed E-state index contributed by atoms with van der Waals surface area (Å²) in [7, 11) is 0. The van der Waals surface area contributed by atoms with Crippen molar-refractivity contribution in [3.05, 3.63) is 72.2 Å². The van der Waals surface area contributed by atoms with Crippen molar-refractivity contribution in [2.24, 2.45) is 0 Å². The molecule has 0 bridgehead atoms. The van der Waals surface area contributed by atoms with E-state index >= 15 is 0 Å². The average molecular weight is 325 g/mol. The van der Waals surface area contributed by atoms with Crippen molar-refractivity contribution in [1.82, 2.24) is 4.98 Å². The smallest absolute Gasteiger partial charge is 0.133 e. The third-order valence-corrected chi connectivity index (χ3v) is 3.78. The van der Waals surface area contributed by atoms with E-state index in [9.17, 15) is 9.50 Å². The number of rotatable bonds is 8. The van der Waals surface area contributed by atoms with E-state index in [-0.39, 0.29) is 11.9 Å². The molecule has 2 rings (SSSR count). The lowest BCUT2D eigenvalue weighted by Crippen LogP contribution is -1.97. The molecule has 0 saturated heterocycles. The summed E-state index contributed by atoms with van der Waals surface area (Å²) in [6.45, 7) is 5.49. The first-order valence-corrected chi connectivity index (χ1v) is 8.30. The van der Waals surface area contributed by atoms with Crippen LogP contribution in [0.2, 0.25) is 0 Å². The third kappa shape index (κ3) is 5.43. The van der Waals surface area contributed by atoms with Crippen molar-refractivity contribution >= 4 is 6.08 Å². The van der Waals surface area contributed by atoms with Gasteiger partial charge in [-0.1, -0.05) is 30.4 Å². The van der Waals surface area contributed by atoms with Crippen molar-refractivity contribution in [3.8, 4) is 11.3 Å². The number of aliphatic hydroxyl groups excluding tert-OH is 1. The van der Waals surface area contributed by atoms with Crippen molar-refractivity contribution in [2.75, 3.05) is 0 Å². The predicted molar refractivity (Wildman–Crippen MR) is 98.1 cm³/mol. The lowest BCUT2D eigenvalue weighted by Gasteiger charge is -2.05. The van der Waals surface area contributed by atoms with Gasteiger partial charge in [0.25, 0.3) is 0 Å². The van der Waals surface area contributed by atoms with Crippen LogP contribution in [0.3, 0.4) is 0 Å². The second-order valence-electron chi connectivity index (χ2n) is 5.97. The van der Waals surface area contributed by atoms with Gasteiger partial charge in [0.1, 0.15) is 5.82 Å². The molecule has 0 aliphatic carbocycles. The number of unbranched alkanes of at least 4 members (excludes halogenated alkanes) is 1. The van der Waals surface area contributed by atoms with Crippen LogP contribution in [0, 0.1) is 5.82 Å². The molecule has 0 fully saturated rings. The number of nitrogens with zero attached hydrogens (tertiary/aromatic N) is 1. The zero-order chi connectivity index (χ0) is 17.4. The summed E-state index contributed by atoms with van der Waals surface area (Å²) in [5.74, 6) is -0.273. The van der Waals surface area contributed by atoms with Gasteiger partial charge in [0.2, 0.25) is 0 Å². The lowest BCUT2D eigenvalue weighted by molar-refractivity contribution is 0.182. The lowest BCUT2D eigenvalue weighted by atomic mass is 10.1. The number of pyridine rings is 1. The van der Waals surface area contributed by atoms with E-state index in [0.29, 0.717) is 11.3 Å². The number of hydrogen-bond donors (Lipinski definition) is 1. The Kier molecular flexibility index (Phi) is 6.89. The van der Waals surface area contributed by atoms with E-state index < -0.39 is 0 Å². The molecule has 0 amide bonds. The summed E-state index contributed by atoms with van der Waals surface area (Å²) in [4.78, 5) is 4.33. The summed E-state index contributed by atoms with van der Waals surface area (Å²) in [6.07, 6.45) is 10.6. The van der Waals surface area contributed by atoms with Crippen LogP contribution in [0.4, 0.5) is 4.39 Å². The molecule has 0 spiro atoms. The van der Waals surface area contributed by atoms with Crippen LogP contribution in [0.25, 0.3) is 17.3 Å². The number of aromatic nitrogens is 1. The molecule has 1 aromatic carbocycles. The number of allylic oxidation sites excluding steroid dienone is 2. The van der Waals surface area contributed by atoms with Crippen molar-refractivity contribution in [2.45, 2.75) is 38.7 Å². The third-order valence-electron chi connectivity index (χ3n) is 3.78. The highest BCUT2D eigenvalue weighted by molar-refractivity contribution is 5.63. The fourth-order valence-electron chi connectivity index (χ4n) is 2.46. The number of hydrogen-bond acceptors (Lipinski definition) is 2. The van der Waals surface area contributed by atoms with Crippen LogP contribution in [0.1, 0.15) is 37.3 Å². The summed E-state index contributed by atoms with van der Waals surface area (Å²) >= 11 is 0. The Hall–Kier alpha value is -2.26. The number of aliphatic hydroxyl groups is 1. The molecule has 1 unspecified atom stereocenters. The molecule has 126 valence electrons. The molecule has 0 aliphatic heterocycles. The summed E-state index contributed by atoms with van der Waals surface area (Å²) in [5.41, 5.74) is 3.03. The molecular formula is C21H24FNO. The van der Waals surface area contributed by atoms with Gasteiger partial charge in [0.05, 0.1) is 11.8 Å². The predicted octanol–water partition coefficient (Wildman–Crippen LogP) is 5.18. The fraction of sp³-hybridized carbons (Fsp3) is 0.286. The first-order valence-electron chi connectivity index (χ1n) is 8.30. The Bertz CT molecular complexity index is 689. The van der Waals surface area contributed by atoms with E-state index in [2.05, 4.69) is 11.6 Å². The zero-order valence-corrected chi connectivity index (χ0v) is 14.1. The van der Waals surface area contributed by atoms with Gasteiger partial charge in [-0.3, -0.25) is 4.98 Å². The summed E-state index contributed by atoms with van der Waals surface area (Å²) in [6, 6.07) is 8.96. The van der Waals surface area contributed by atoms with Gasteiger partial charge < -0.3 is 5.11 Å². The maximum Gasteiger partial charge on any atom is 0.133 e. The first-order chi connectivity index (χ1) is 11.6. The summed E-state index contributed by atoms with van der Waals surface area (Å²) in [5, 5.41) is 9.21. The van der Waals surface area contributed by atoms with E-state index in [1.165, 1.54) is 6.07 Å². The molecule has 0 radical (unpaired) electrons. The molecule has 3 heteroatoms. The first kappa shape index (κ1) is 18.1. The van der Waals surface area contributed by atoms with Crippen LogP contribution in [0.15, 0.2) is 55.3 Å². The Morgan fingerprint density at radius 3 is 2.75 bits per heavy atom. The quantitative estimate of drug-likeness (QED) is 0.536. The Labute approximate surface area is 143 Å². The van der Waals surface area contributed by atoms with Gasteiger partial charge in [-0.25, -0.2) is 4.39 Å². The van der Waals surface area contributed by atoms with Crippen LogP contribution in [0.5, 0.6) is 0 Å². The van der Waals surface area contributed by atoms with Gasteiger partial charge in [-0.05, 0) is 61.9 Å². The second-order valence-corrected chi connectivity index (χ2v) is 5.97. The highest BCUT2D eigenvalue weighted by atomic mass is 19.1. The highest BCUT2D eigenvalue weighted by Gasteiger charge is 2.06. The Morgan fingerprint density at radius 2 is 2.12 bits per heavy atom. The number of halogens is 1. The van der Waals surface area contributed by atoms with Crippen LogP contribution < -0.4 is 0 Å². The van der Waals surface area contributed by atoms with Crippen LogP contribution in [-0.2, 0) is 6.42 Å². The minimum Gasteiger partial charge on any atom is -0.393 e. The maximum absolute atomic E-state index is 14.3. The minimum absolute atomic E-state index is 0.263. The standard InChI is InChI=1S/C21H24FNO/c1-3-7-18-11-13-21(23-15-18)19-12-10-17(14-20(19)22)9-6-4-5-8-16(2)24/h3,6,9-16,24H,1,4-5,7-8H2,2H3/b9-6+. The Morgan fingerprint density at radius 1 is 1.29 bits per heavy atom. The van der Waals surface area contributed by atoms with E-state index in [4.69, 9.17) is 0 Å². The largest absolute Gasteiger partial charge is 0.393 e. The van der Waals surface area contributed by atoms with E-state index in [0.717, 1.165) is 36.8 Å². The molecule has 2 aromatic rings. The molecule has 0 saturated carbocycles. The van der Waals surface area contributed by atoms with Gasteiger partial charge in [0.15, 0.2) is 0 Å². The van der Waals surface area contributed by atoms with Gasteiger partial charge in [0, 0.05) is 11.8 Å². The molecule has 1 aromatic heterocycles. The molecule has 1 N–H and O–H groups in total. The monoisotopic (exact) mass is 325 g/mol. The molecule has 1 atom stereocenters. The maximum atomic E-state index is 14.3. The average Bonchev–Trinajstić information content (AvgIpc) is 2.56. The topological polar surface area (TPSA) is 33.1 Å². The van der Waals surface area contributed by atoms with Crippen LogP contribution >= 0.6 is 0 Å². The van der Waals surface area contributed by atoms with Gasteiger partial charge in [-0.15, -0.1) is 6.58 Å². The SMILES string of the molecule is C=CCc1ccc(-c2ccc(/C=C/CCCC(C)O)cc2F)nc1. The van der Waals surface area contributed by atoms with Gasteiger partial charge in [-0.2, -0.15) is 0 Å². The second kappa shape index (κ2) is 9.14.